The van der Waals surface area contributed by atoms with Crippen molar-refractivity contribution in [1.29, 1.82) is 0 Å². The van der Waals surface area contributed by atoms with E-state index in [-0.39, 0.29) is 0 Å². The predicted molar refractivity (Wildman–Crippen MR) is 105 cm³/mol. The van der Waals surface area contributed by atoms with E-state index in [9.17, 15) is 0 Å². The van der Waals surface area contributed by atoms with Gasteiger partial charge in [0.1, 0.15) is 0 Å². The Morgan fingerprint density at radius 1 is 0.917 bits per heavy atom. The van der Waals surface area contributed by atoms with Gasteiger partial charge in [0.25, 0.3) is 0 Å². The maximum absolute atomic E-state index is 2.73. The summed E-state index contributed by atoms with van der Waals surface area (Å²) in [6.45, 7) is 20.8. The fourth-order valence-electron chi connectivity index (χ4n) is 3.95. The first-order valence-corrected chi connectivity index (χ1v) is 10.4. The number of likely N-dealkylation sites (N-methyl/N-ethyl adjacent to an activating group) is 1. The van der Waals surface area contributed by atoms with Gasteiger partial charge in [-0.2, -0.15) is 0 Å². The lowest BCUT2D eigenvalue weighted by Gasteiger charge is -2.40. The zero-order chi connectivity index (χ0) is 17.5. The van der Waals surface area contributed by atoms with Crippen LogP contribution in [0.15, 0.2) is 0 Å². The first-order chi connectivity index (χ1) is 11.5. The Morgan fingerprint density at radius 2 is 1.50 bits per heavy atom. The Balaban J connectivity index is 1.60. The van der Waals surface area contributed by atoms with Crippen LogP contribution in [0.3, 0.4) is 0 Å². The van der Waals surface area contributed by atoms with Gasteiger partial charge in [0.05, 0.1) is 0 Å². The van der Waals surface area contributed by atoms with Crippen LogP contribution in [-0.4, -0.2) is 97.6 Å². The Morgan fingerprint density at radius 3 is 2.04 bits per heavy atom. The van der Waals surface area contributed by atoms with Gasteiger partial charge >= 0.3 is 0 Å². The standard InChI is InChI=1S/C20H42N4/c1-6-19(4)24-9-7-20(8-10-24)17-23-15-13-22(14-16-23)12-11-21(5)18(2)3/h18-20H,6-17H2,1-5H3. The second-order valence-corrected chi connectivity index (χ2v) is 8.45. The molecule has 2 aliphatic heterocycles. The molecule has 0 saturated carbocycles. The maximum atomic E-state index is 2.73. The molecule has 2 heterocycles. The molecule has 0 aromatic rings. The van der Waals surface area contributed by atoms with Gasteiger partial charge in [-0.15, -0.1) is 0 Å². The van der Waals surface area contributed by atoms with Crippen LogP contribution >= 0.6 is 0 Å². The molecular weight excluding hydrogens is 296 g/mol. The molecule has 0 aromatic carbocycles. The molecule has 0 aromatic heterocycles. The van der Waals surface area contributed by atoms with Crippen LogP contribution < -0.4 is 0 Å². The summed E-state index contributed by atoms with van der Waals surface area (Å²) >= 11 is 0. The summed E-state index contributed by atoms with van der Waals surface area (Å²) in [6, 6.07) is 1.44. The highest BCUT2D eigenvalue weighted by atomic mass is 15.3. The summed E-state index contributed by atoms with van der Waals surface area (Å²) in [6.07, 6.45) is 4.10. The average Bonchev–Trinajstić information content (AvgIpc) is 2.60. The first kappa shape index (κ1) is 20.2. The molecule has 4 nitrogen and oxygen atoms in total. The number of piperidine rings is 1. The number of hydrogen-bond acceptors (Lipinski definition) is 4. The number of nitrogens with zero attached hydrogens (tertiary/aromatic N) is 4. The molecule has 2 fully saturated rings. The zero-order valence-electron chi connectivity index (χ0n) is 17.0. The van der Waals surface area contributed by atoms with Gasteiger partial charge in [-0.3, -0.25) is 4.90 Å². The molecule has 0 N–H and O–H groups in total. The molecule has 4 heteroatoms. The molecule has 1 unspecified atom stereocenters. The van der Waals surface area contributed by atoms with E-state index in [4.69, 9.17) is 0 Å². The summed E-state index contributed by atoms with van der Waals surface area (Å²) in [7, 11) is 2.24. The quantitative estimate of drug-likeness (QED) is 0.674. The molecule has 142 valence electrons. The molecule has 0 amide bonds. The van der Waals surface area contributed by atoms with Crippen molar-refractivity contribution in [3.8, 4) is 0 Å². The Hall–Kier alpha value is -0.160. The van der Waals surface area contributed by atoms with Crippen LogP contribution in [0.2, 0.25) is 0 Å². The van der Waals surface area contributed by atoms with Gasteiger partial charge in [0, 0.05) is 57.9 Å². The molecule has 2 saturated heterocycles. The number of piperazine rings is 1. The molecule has 2 rings (SSSR count). The van der Waals surface area contributed by atoms with Crippen molar-refractivity contribution in [2.24, 2.45) is 5.92 Å². The van der Waals surface area contributed by atoms with Crippen LogP contribution in [0.4, 0.5) is 0 Å². The van der Waals surface area contributed by atoms with Crippen LogP contribution in [-0.2, 0) is 0 Å². The van der Waals surface area contributed by atoms with E-state index in [1.54, 1.807) is 0 Å². The first-order valence-electron chi connectivity index (χ1n) is 10.4. The minimum Gasteiger partial charge on any atom is -0.303 e. The summed E-state index contributed by atoms with van der Waals surface area (Å²) in [4.78, 5) is 10.5. The van der Waals surface area contributed by atoms with Crippen LogP contribution in [0.25, 0.3) is 0 Å². The van der Waals surface area contributed by atoms with E-state index in [1.165, 1.54) is 78.2 Å². The summed E-state index contributed by atoms with van der Waals surface area (Å²) in [5.41, 5.74) is 0. The topological polar surface area (TPSA) is 13.0 Å². The maximum Gasteiger partial charge on any atom is 0.0110 e. The lowest BCUT2D eigenvalue weighted by molar-refractivity contribution is 0.0798. The smallest absolute Gasteiger partial charge is 0.0110 e. The number of likely N-dealkylation sites (tertiary alicyclic amines) is 1. The van der Waals surface area contributed by atoms with Crippen LogP contribution in [0, 0.1) is 5.92 Å². The van der Waals surface area contributed by atoms with E-state index in [0.29, 0.717) is 6.04 Å². The summed E-state index contributed by atoms with van der Waals surface area (Å²) in [5.74, 6) is 0.934. The van der Waals surface area contributed by atoms with Gasteiger partial charge in [0.15, 0.2) is 0 Å². The zero-order valence-corrected chi connectivity index (χ0v) is 17.0. The number of rotatable bonds is 8. The molecule has 1 atom stereocenters. The normalized spacial score (nSPS) is 24.1. The van der Waals surface area contributed by atoms with Gasteiger partial charge in [-0.1, -0.05) is 6.92 Å². The molecule has 0 aliphatic carbocycles. The minimum atomic E-state index is 0.660. The summed E-state index contributed by atoms with van der Waals surface area (Å²) in [5, 5.41) is 0. The van der Waals surface area contributed by atoms with Crippen molar-refractivity contribution in [1.82, 2.24) is 19.6 Å². The molecule has 0 bridgehead atoms. The Kier molecular flexibility index (Phi) is 8.48. The van der Waals surface area contributed by atoms with E-state index < -0.39 is 0 Å². The molecule has 2 aliphatic rings. The average molecular weight is 339 g/mol. The number of hydrogen-bond donors (Lipinski definition) is 0. The second-order valence-electron chi connectivity index (χ2n) is 8.45. The lowest BCUT2D eigenvalue weighted by Crippen LogP contribution is -2.50. The highest BCUT2D eigenvalue weighted by Crippen LogP contribution is 2.21. The largest absolute Gasteiger partial charge is 0.303 e. The van der Waals surface area contributed by atoms with Gasteiger partial charge in [0.2, 0.25) is 0 Å². The SMILES string of the molecule is CCC(C)N1CCC(CN2CCN(CCN(C)C(C)C)CC2)CC1. The van der Waals surface area contributed by atoms with Gasteiger partial charge < -0.3 is 14.7 Å². The summed E-state index contributed by atoms with van der Waals surface area (Å²) < 4.78 is 0. The van der Waals surface area contributed by atoms with Crippen LogP contribution in [0.1, 0.15) is 47.0 Å². The van der Waals surface area contributed by atoms with Crippen molar-refractivity contribution in [3.05, 3.63) is 0 Å². The third kappa shape index (κ3) is 6.29. The van der Waals surface area contributed by atoms with Crippen molar-refractivity contribution in [2.75, 3.05) is 66.0 Å². The molecular formula is C20H42N4. The Bertz CT molecular complexity index is 331. The fraction of sp³-hybridized carbons (Fsp3) is 1.00. The van der Waals surface area contributed by atoms with Crippen molar-refractivity contribution in [2.45, 2.75) is 59.0 Å². The minimum absolute atomic E-state index is 0.660. The van der Waals surface area contributed by atoms with E-state index in [1.807, 2.05) is 0 Å². The van der Waals surface area contributed by atoms with E-state index in [2.05, 4.69) is 54.3 Å². The van der Waals surface area contributed by atoms with Crippen molar-refractivity contribution < 1.29 is 0 Å². The van der Waals surface area contributed by atoms with Gasteiger partial charge in [-0.25, -0.2) is 0 Å². The van der Waals surface area contributed by atoms with Crippen molar-refractivity contribution in [3.63, 3.8) is 0 Å². The highest BCUT2D eigenvalue weighted by molar-refractivity contribution is 4.80. The third-order valence-electron chi connectivity index (χ3n) is 6.50. The van der Waals surface area contributed by atoms with E-state index in [0.717, 1.165) is 12.0 Å². The highest BCUT2D eigenvalue weighted by Gasteiger charge is 2.25. The van der Waals surface area contributed by atoms with Gasteiger partial charge in [-0.05, 0) is 66.1 Å². The molecule has 24 heavy (non-hydrogen) atoms. The third-order valence-corrected chi connectivity index (χ3v) is 6.50. The Labute approximate surface area is 151 Å². The van der Waals surface area contributed by atoms with E-state index >= 15 is 0 Å². The fourth-order valence-corrected chi connectivity index (χ4v) is 3.95. The predicted octanol–water partition coefficient (Wildman–Crippen LogP) is 2.45. The monoisotopic (exact) mass is 338 g/mol. The molecule has 0 radical (unpaired) electrons. The van der Waals surface area contributed by atoms with Crippen LogP contribution in [0.5, 0.6) is 0 Å². The van der Waals surface area contributed by atoms with Crippen molar-refractivity contribution >= 4 is 0 Å². The lowest BCUT2D eigenvalue weighted by atomic mass is 9.94. The molecule has 0 spiro atoms. The second kappa shape index (κ2) is 10.1.